The van der Waals surface area contributed by atoms with E-state index in [1.807, 2.05) is 42.6 Å². The van der Waals surface area contributed by atoms with E-state index < -0.39 is 0 Å². The molecular weight excluding hydrogens is 402 g/mol. The summed E-state index contributed by atoms with van der Waals surface area (Å²) in [4.78, 5) is 21.4. The fourth-order valence-electron chi connectivity index (χ4n) is 2.96. The molecule has 0 aromatic carbocycles. The average Bonchev–Trinajstić information content (AvgIpc) is 3.34. The molecule has 0 radical (unpaired) electrons. The zero-order valence-electron chi connectivity index (χ0n) is 17.7. The Bertz CT molecular complexity index is 1030. The first-order valence-corrected chi connectivity index (χ1v) is 10.7. The van der Waals surface area contributed by atoms with E-state index in [9.17, 15) is 4.79 Å². The maximum atomic E-state index is 12.0. The van der Waals surface area contributed by atoms with Crippen LogP contribution in [0.3, 0.4) is 0 Å². The number of nitrogens with zero attached hydrogens (tertiary/aromatic N) is 5. The normalized spacial score (nSPS) is 12.7. The van der Waals surface area contributed by atoms with Crippen LogP contribution in [-0.2, 0) is 11.2 Å². The highest BCUT2D eigenvalue weighted by molar-refractivity contribution is 7.13. The van der Waals surface area contributed by atoms with Crippen molar-refractivity contribution in [3.63, 3.8) is 0 Å². The van der Waals surface area contributed by atoms with Gasteiger partial charge in [-0.25, -0.2) is 9.78 Å². The van der Waals surface area contributed by atoms with Crippen LogP contribution < -0.4 is 10.6 Å². The number of aromatic nitrogens is 4. The zero-order chi connectivity index (χ0) is 21.5. The molecule has 0 fully saturated rings. The van der Waals surface area contributed by atoms with E-state index in [4.69, 9.17) is 4.74 Å². The molecular formula is C20H27N7O2S. The highest BCUT2D eigenvalue weighted by Gasteiger charge is 2.20. The predicted octanol–water partition coefficient (Wildman–Crippen LogP) is 2.53. The van der Waals surface area contributed by atoms with E-state index in [-0.39, 0.29) is 12.0 Å². The van der Waals surface area contributed by atoms with E-state index in [1.165, 1.54) is 11.3 Å². The van der Waals surface area contributed by atoms with Crippen molar-refractivity contribution in [2.45, 2.75) is 39.7 Å². The van der Waals surface area contributed by atoms with E-state index in [0.29, 0.717) is 23.1 Å². The number of thiazole rings is 1. The van der Waals surface area contributed by atoms with Gasteiger partial charge in [-0.05, 0) is 39.3 Å². The maximum absolute atomic E-state index is 12.0. The Morgan fingerprint density at radius 3 is 2.97 bits per heavy atom. The van der Waals surface area contributed by atoms with Gasteiger partial charge < -0.3 is 15.4 Å². The van der Waals surface area contributed by atoms with Crippen molar-refractivity contribution >= 4 is 28.9 Å². The summed E-state index contributed by atoms with van der Waals surface area (Å²) in [6.07, 6.45) is 3.66. The average molecular weight is 430 g/mol. The van der Waals surface area contributed by atoms with Gasteiger partial charge in [0, 0.05) is 26.2 Å². The molecule has 1 unspecified atom stereocenters. The second-order valence-corrected chi connectivity index (χ2v) is 7.73. The summed E-state index contributed by atoms with van der Waals surface area (Å²) in [6, 6.07) is 5.77. The Kier molecular flexibility index (Phi) is 7.34. The van der Waals surface area contributed by atoms with Crippen molar-refractivity contribution in [2.24, 2.45) is 4.99 Å². The van der Waals surface area contributed by atoms with Crippen molar-refractivity contribution in [1.29, 1.82) is 0 Å². The minimum Gasteiger partial charge on any atom is -0.462 e. The molecule has 0 spiro atoms. The second kappa shape index (κ2) is 10.1. The summed E-state index contributed by atoms with van der Waals surface area (Å²) in [5.74, 6) is 1.29. The van der Waals surface area contributed by atoms with Crippen LogP contribution >= 0.6 is 11.3 Å². The Morgan fingerprint density at radius 2 is 2.20 bits per heavy atom. The number of carbonyl (C=O) groups is 1. The van der Waals surface area contributed by atoms with Gasteiger partial charge >= 0.3 is 5.97 Å². The van der Waals surface area contributed by atoms with Crippen molar-refractivity contribution in [3.8, 4) is 0 Å². The van der Waals surface area contributed by atoms with Crippen molar-refractivity contribution in [3.05, 3.63) is 45.8 Å². The highest BCUT2D eigenvalue weighted by Crippen LogP contribution is 2.24. The number of aliphatic imine (C=N–C) groups is 1. The van der Waals surface area contributed by atoms with Crippen molar-refractivity contribution in [1.82, 2.24) is 30.2 Å². The number of pyridine rings is 1. The van der Waals surface area contributed by atoms with Crippen LogP contribution in [0.5, 0.6) is 0 Å². The van der Waals surface area contributed by atoms with Crippen LogP contribution in [0.1, 0.15) is 52.5 Å². The number of carbonyl (C=O) groups excluding carboxylic acids is 1. The Balaban J connectivity index is 1.50. The van der Waals surface area contributed by atoms with Gasteiger partial charge in [-0.15, -0.1) is 21.5 Å². The minimum absolute atomic E-state index is 0.0940. The van der Waals surface area contributed by atoms with Crippen LogP contribution in [-0.4, -0.2) is 51.7 Å². The number of ether oxygens (including phenoxy) is 1. The van der Waals surface area contributed by atoms with Gasteiger partial charge in [0.2, 0.25) is 0 Å². The Morgan fingerprint density at radius 1 is 1.37 bits per heavy atom. The number of hydrogen-bond acceptors (Lipinski definition) is 7. The van der Waals surface area contributed by atoms with Crippen LogP contribution in [0, 0.1) is 6.92 Å². The standard InChI is InChI=1S/C20H27N7O2S/c1-5-29-19(28)17-13(2)23-18(30-17)14(3)24-20(21-4)22-11-8-10-16-26-25-15-9-6-7-12-27(15)16/h6-7,9,12,14H,5,8,10-11H2,1-4H3,(H2,21,22,24). The smallest absolute Gasteiger partial charge is 0.350 e. The van der Waals surface area contributed by atoms with Crippen molar-refractivity contribution in [2.75, 3.05) is 20.2 Å². The number of nitrogens with one attached hydrogen (secondary N) is 2. The maximum Gasteiger partial charge on any atom is 0.350 e. The molecule has 0 aliphatic carbocycles. The summed E-state index contributed by atoms with van der Waals surface area (Å²) in [5, 5.41) is 15.9. The lowest BCUT2D eigenvalue weighted by Crippen LogP contribution is -2.39. The van der Waals surface area contributed by atoms with Crippen LogP contribution in [0.2, 0.25) is 0 Å². The molecule has 30 heavy (non-hydrogen) atoms. The summed E-state index contributed by atoms with van der Waals surface area (Å²) in [5.41, 5.74) is 1.54. The highest BCUT2D eigenvalue weighted by atomic mass is 32.1. The summed E-state index contributed by atoms with van der Waals surface area (Å²) in [7, 11) is 1.73. The van der Waals surface area contributed by atoms with Gasteiger partial charge in [0.05, 0.1) is 18.3 Å². The second-order valence-electron chi connectivity index (χ2n) is 6.70. The first kappa shape index (κ1) is 21.7. The molecule has 1 atom stereocenters. The van der Waals surface area contributed by atoms with Gasteiger partial charge in [0.1, 0.15) is 15.7 Å². The lowest BCUT2D eigenvalue weighted by Gasteiger charge is -2.16. The molecule has 3 heterocycles. The SMILES string of the molecule is CCOC(=O)c1sc(C(C)NC(=NC)NCCCc2nnc3ccccn23)nc1C. The molecule has 160 valence electrons. The van der Waals surface area contributed by atoms with Gasteiger partial charge in [-0.3, -0.25) is 9.39 Å². The van der Waals surface area contributed by atoms with Gasteiger partial charge in [-0.2, -0.15) is 0 Å². The monoisotopic (exact) mass is 429 g/mol. The molecule has 0 saturated heterocycles. The largest absolute Gasteiger partial charge is 0.462 e. The van der Waals surface area contributed by atoms with Crippen LogP contribution in [0.25, 0.3) is 5.65 Å². The predicted molar refractivity (Wildman–Crippen MR) is 117 cm³/mol. The fraction of sp³-hybridized carbons (Fsp3) is 0.450. The van der Waals surface area contributed by atoms with Crippen LogP contribution in [0.15, 0.2) is 29.4 Å². The number of hydrogen-bond donors (Lipinski definition) is 2. The fourth-order valence-corrected chi connectivity index (χ4v) is 3.93. The number of fused-ring (bicyclic) bond motifs is 1. The topological polar surface area (TPSA) is 106 Å². The molecule has 0 aliphatic rings. The molecule has 0 bridgehead atoms. The number of rotatable bonds is 8. The van der Waals surface area contributed by atoms with Crippen molar-refractivity contribution < 1.29 is 9.53 Å². The third-order valence-electron chi connectivity index (χ3n) is 4.48. The third kappa shape index (κ3) is 5.12. The van der Waals surface area contributed by atoms with E-state index in [1.54, 1.807) is 14.0 Å². The number of guanidine groups is 1. The molecule has 0 amide bonds. The quantitative estimate of drug-likeness (QED) is 0.245. The summed E-state index contributed by atoms with van der Waals surface area (Å²) in [6.45, 7) is 6.68. The molecule has 9 nitrogen and oxygen atoms in total. The van der Waals surface area contributed by atoms with Gasteiger partial charge in [0.15, 0.2) is 11.6 Å². The van der Waals surface area contributed by atoms with E-state index in [0.717, 1.165) is 35.9 Å². The van der Waals surface area contributed by atoms with Gasteiger partial charge in [0.25, 0.3) is 0 Å². The van der Waals surface area contributed by atoms with Gasteiger partial charge in [-0.1, -0.05) is 6.07 Å². The number of aryl methyl sites for hydroxylation is 2. The Hall–Kier alpha value is -3.01. The summed E-state index contributed by atoms with van der Waals surface area (Å²) >= 11 is 1.35. The molecule has 3 aromatic rings. The first-order chi connectivity index (χ1) is 14.5. The van der Waals surface area contributed by atoms with E-state index in [2.05, 4.69) is 30.8 Å². The van der Waals surface area contributed by atoms with Crippen LogP contribution in [0.4, 0.5) is 0 Å². The molecule has 10 heteroatoms. The Labute approximate surface area is 179 Å². The molecule has 3 rings (SSSR count). The molecule has 0 aliphatic heterocycles. The zero-order valence-corrected chi connectivity index (χ0v) is 18.5. The lowest BCUT2D eigenvalue weighted by atomic mass is 10.3. The summed E-state index contributed by atoms with van der Waals surface area (Å²) < 4.78 is 7.09. The third-order valence-corrected chi connectivity index (χ3v) is 5.80. The lowest BCUT2D eigenvalue weighted by molar-refractivity contribution is 0.0531. The molecule has 2 N–H and O–H groups in total. The molecule has 0 saturated carbocycles. The first-order valence-electron chi connectivity index (χ1n) is 9.93. The minimum atomic E-state index is -0.325. The molecule has 3 aromatic heterocycles. The number of esters is 1. The van der Waals surface area contributed by atoms with E-state index >= 15 is 0 Å².